The second-order valence-corrected chi connectivity index (χ2v) is 7.63. The first-order chi connectivity index (χ1) is 15.1. The van der Waals surface area contributed by atoms with Crippen LogP contribution in [0.15, 0.2) is 66.7 Å². The van der Waals surface area contributed by atoms with E-state index in [0.29, 0.717) is 12.1 Å². The maximum absolute atomic E-state index is 13.5. The topological polar surface area (TPSA) is 58.6 Å². The Kier molecular flexibility index (Phi) is 5.76. The fraction of sp³-hybridized carbons (Fsp3) is 0.231. The van der Waals surface area contributed by atoms with Crippen LogP contribution in [0, 0.1) is 6.92 Å². The average molecular weight is 415 g/mol. The third-order valence-electron chi connectivity index (χ3n) is 5.80. The first kappa shape index (κ1) is 20.7. The second kappa shape index (κ2) is 8.64. The predicted octanol–water partition coefficient (Wildman–Crippen LogP) is 4.58. The number of para-hydroxylation sites is 2. The summed E-state index contributed by atoms with van der Waals surface area (Å²) in [6.45, 7) is 4.36. The number of anilines is 1. The predicted molar refractivity (Wildman–Crippen MR) is 121 cm³/mol. The minimum atomic E-state index is -0.718. The van der Waals surface area contributed by atoms with Crippen molar-refractivity contribution in [1.82, 2.24) is 5.32 Å². The van der Waals surface area contributed by atoms with Crippen molar-refractivity contribution in [3.63, 3.8) is 0 Å². The first-order valence-electron chi connectivity index (χ1n) is 10.5. The summed E-state index contributed by atoms with van der Waals surface area (Å²) in [6, 6.07) is 20.2. The van der Waals surface area contributed by atoms with E-state index in [9.17, 15) is 9.59 Å². The lowest BCUT2D eigenvalue weighted by atomic mass is 10.0. The summed E-state index contributed by atoms with van der Waals surface area (Å²) in [5.74, 6) is 0.362. The van der Waals surface area contributed by atoms with Crippen LogP contribution in [0.1, 0.15) is 45.6 Å². The second-order valence-electron chi connectivity index (χ2n) is 7.63. The molecule has 0 saturated carbocycles. The zero-order valence-corrected chi connectivity index (χ0v) is 18.0. The molecule has 0 fully saturated rings. The van der Waals surface area contributed by atoms with Crippen LogP contribution >= 0.6 is 0 Å². The van der Waals surface area contributed by atoms with Gasteiger partial charge in [0, 0.05) is 17.7 Å². The van der Waals surface area contributed by atoms with Crippen LogP contribution in [-0.2, 0) is 17.8 Å². The first-order valence-corrected chi connectivity index (χ1v) is 10.5. The maximum atomic E-state index is 13.5. The van der Waals surface area contributed by atoms with Gasteiger partial charge in [0.1, 0.15) is 11.8 Å². The minimum absolute atomic E-state index is 0.142. The van der Waals surface area contributed by atoms with E-state index in [1.807, 2.05) is 67.6 Å². The van der Waals surface area contributed by atoms with Gasteiger partial charge < -0.3 is 10.1 Å². The van der Waals surface area contributed by atoms with Crippen LogP contribution < -0.4 is 15.0 Å². The van der Waals surface area contributed by atoms with E-state index in [0.717, 1.165) is 40.1 Å². The molecule has 1 aliphatic rings. The van der Waals surface area contributed by atoms with Crippen LogP contribution in [0.5, 0.6) is 5.75 Å². The fourth-order valence-corrected chi connectivity index (χ4v) is 4.28. The number of methoxy groups -OCH3 is 1. The lowest BCUT2D eigenvalue weighted by Crippen LogP contribution is -2.39. The van der Waals surface area contributed by atoms with E-state index in [4.69, 9.17) is 4.74 Å². The molecule has 31 heavy (non-hydrogen) atoms. The normalized spacial score (nSPS) is 15.0. The molecule has 0 aromatic heterocycles. The van der Waals surface area contributed by atoms with Gasteiger partial charge in [-0.25, -0.2) is 0 Å². The van der Waals surface area contributed by atoms with Gasteiger partial charge in [0.05, 0.1) is 12.8 Å². The molecule has 1 aliphatic heterocycles. The Balaban J connectivity index is 1.72. The van der Waals surface area contributed by atoms with Crippen LogP contribution in [0.3, 0.4) is 0 Å². The highest BCUT2D eigenvalue weighted by molar-refractivity contribution is 6.16. The summed E-state index contributed by atoms with van der Waals surface area (Å²) in [5, 5.41) is 3.02. The molecule has 5 heteroatoms. The standard InChI is InChI=1S/C26H26N2O3/c1-4-18-12-9-10-17(2)23(18)28-24(20-13-6-7-14-21(20)26(28)30)25(29)27-16-19-11-5-8-15-22(19)31-3/h5-15,24H,4,16H2,1-3H3,(H,27,29). The highest BCUT2D eigenvalue weighted by atomic mass is 16.5. The molecule has 2 amide bonds. The number of rotatable bonds is 6. The smallest absolute Gasteiger partial charge is 0.259 e. The van der Waals surface area contributed by atoms with Crippen molar-refractivity contribution in [3.05, 3.63) is 94.5 Å². The van der Waals surface area contributed by atoms with Gasteiger partial charge in [-0.05, 0) is 42.2 Å². The zero-order chi connectivity index (χ0) is 22.0. The Hall–Kier alpha value is -3.60. The molecule has 3 aromatic rings. The molecule has 0 radical (unpaired) electrons. The van der Waals surface area contributed by atoms with Gasteiger partial charge in [0.15, 0.2) is 0 Å². The van der Waals surface area contributed by atoms with Gasteiger partial charge >= 0.3 is 0 Å². The number of fused-ring (bicyclic) bond motifs is 1. The molecule has 1 atom stereocenters. The van der Waals surface area contributed by atoms with E-state index in [-0.39, 0.29) is 11.8 Å². The summed E-state index contributed by atoms with van der Waals surface area (Å²) in [7, 11) is 1.61. The Morgan fingerprint density at radius 1 is 1.00 bits per heavy atom. The molecule has 158 valence electrons. The van der Waals surface area contributed by atoms with Crippen molar-refractivity contribution in [2.75, 3.05) is 12.0 Å². The molecule has 0 saturated heterocycles. The minimum Gasteiger partial charge on any atom is -0.496 e. The molecule has 1 unspecified atom stereocenters. The van der Waals surface area contributed by atoms with Crippen molar-refractivity contribution in [2.24, 2.45) is 0 Å². The Labute approximate surface area is 182 Å². The highest BCUT2D eigenvalue weighted by Crippen LogP contribution is 2.40. The maximum Gasteiger partial charge on any atom is 0.259 e. The number of carbonyl (C=O) groups is 2. The van der Waals surface area contributed by atoms with E-state index >= 15 is 0 Å². The Morgan fingerprint density at radius 2 is 1.71 bits per heavy atom. The van der Waals surface area contributed by atoms with E-state index in [2.05, 4.69) is 12.2 Å². The SMILES string of the molecule is CCc1cccc(C)c1N1C(=O)c2ccccc2C1C(=O)NCc1ccccc1OC. The summed E-state index contributed by atoms with van der Waals surface area (Å²) in [6.07, 6.45) is 0.771. The number of ether oxygens (including phenoxy) is 1. The van der Waals surface area contributed by atoms with Crippen LogP contribution in [0.25, 0.3) is 0 Å². The van der Waals surface area contributed by atoms with Crippen molar-refractivity contribution in [1.29, 1.82) is 0 Å². The molecule has 5 nitrogen and oxygen atoms in total. The molecule has 1 N–H and O–H groups in total. The van der Waals surface area contributed by atoms with E-state index < -0.39 is 6.04 Å². The van der Waals surface area contributed by atoms with Gasteiger partial charge in [0.25, 0.3) is 5.91 Å². The lowest BCUT2D eigenvalue weighted by molar-refractivity contribution is -0.122. The number of nitrogens with one attached hydrogen (secondary N) is 1. The van der Waals surface area contributed by atoms with Gasteiger partial charge in [-0.1, -0.05) is 61.5 Å². The summed E-state index contributed by atoms with van der Waals surface area (Å²) in [5.41, 5.74) is 5.03. The quantitative estimate of drug-likeness (QED) is 0.642. The number of hydrogen-bond donors (Lipinski definition) is 1. The average Bonchev–Trinajstić information content (AvgIpc) is 3.09. The molecule has 0 bridgehead atoms. The molecule has 4 rings (SSSR count). The fourth-order valence-electron chi connectivity index (χ4n) is 4.28. The Morgan fingerprint density at radius 3 is 2.48 bits per heavy atom. The Bertz CT molecular complexity index is 1140. The van der Waals surface area contributed by atoms with Gasteiger partial charge in [-0.3, -0.25) is 14.5 Å². The molecule has 3 aromatic carbocycles. The lowest BCUT2D eigenvalue weighted by Gasteiger charge is -2.28. The monoisotopic (exact) mass is 414 g/mol. The third kappa shape index (κ3) is 3.67. The number of hydrogen-bond acceptors (Lipinski definition) is 3. The van der Waals surface area contributed by atoms with Crippen molar-refractivity contribution < 1.29 is 14.3 Å². The molecule has 1 heterocycles. The molecule has 0 spiro atoms. The number of carbonyl (C=O) groups excluding carboxylic acids is 2. The number of aryl methyl sites for hydroxylation is 2. The van der Waals surface area contributed by atoms with E-state index in [1.54, 1.807) is 18.1 Å². The largest absolute Gasteiger partial charge is 0.496 e. The number of benzene rings is 3. The molecular formula is C26H26N2O3. The van der Waals surface area contributed by atoms with E-state index in [1.165, 1.54) is 0 Å². The molecular weight excluding hydrogens is 388 g/mol. The van der Waals surface area contributed by atoms with Gasteiger partial charge in [-0.15, -0.1) is 0 Å². The zero-order valence-electron chi connectivity index (χ0n) is 18.0. The van der Waals surface area contributed by atoms with Gasteiger partial charge in [-0.2, -0.15) is 0 Å². The number of amides is 2. The third-order valence-corrected chi connectivity index (χ3v) is 5.80. The number of nitrogens with zero attached hydrogens (tertiary/aromatic N) is 1. The summed E-state index contributed by atoms with van der Waals surface area (Å²) in [4.78, 5) is 28.6. The summed E-state index contributed by atoms with van der Waals surface area (Å²) < 4.78 is 5.40. The van der Waals surface area contributed by atoms with Gasteiger partial charge in [0.2, 0.25) is 5.91 Å². The summed E-state index contributed by atoms with van der Waals surface area (Å²) >= 11 is 0. The van der Waals surface area contributed by atoms with Crippen LogP contribution in [0.4, 0.5) is 5.69 Å². The van der Waals surface area contributed by atoms with Crippen molar-refractivity contribution >= 4 is 17.5 Å². The molecule has 0 aliphatic carbocycles. The van der Waals surface area contributed by atoms with Crippen molar-refractivity contribution in [3.8, 4) is 5.75 Å². The van der Waals surface area contributed by atoms with Crippen LogP contribution in [0.2, 0.25) is 0 Å². The van der Waals surface area contributed by atoms with Crippen LogP contribution in [-0.4, -0.2) is 18.9 Å². The van der Waals surface area contributed by atoms with Crippen molar-refractivity contribution in [2.45, 2.75) is 32.9 Å². The highest BCUT2D eigenvalue weighted by Gasteiger charge is 2.42.